The summed E-state index contributed by atoms with van der Waals surface area (Å²) in [5.41, 5.74) is 2.99. The number of aryl methyl sites for hydroxylation is 1. The second-order valence-electron chi connectivity index (χ2n) is 6.62. The van der Waals surface area contributed by atoms with Crippen LogP contribution < -0.4 is 10.6 Å². The Morgan fingerprint density at radius 3 is 2.31 bits per heavy atom. The summed E-state index contributed by atoms with van der Waals surface area (Å²) in [5, 5.41) is 5.61. The third-order valence-electron chi connectivity index (χ3n) is 4.17. The van der Waals surface area contributed by atoms with Crippen LogP contribution in [0.25, 0.3) is 0 Å². The fourth-order valence-electron chi connectivity index (χ4n) is 2.67. The van der Waals surface area contributed by atoms with Gasteiger partial charge in [0, 0.05) is 28.8 Å². The minimum Gasteiger partial charge on any atom is -0.348 e. The first-order chi connectivity index (χ1) is 13.9. The summed E-state index contributed by atoms with van der Waals surface area (Å²) in [6.07, 6.45) is 0. The minimum atomic E-state index is -0.318. The van der Waals surface area contributed by atoms with Gasteiger partial charge in [-0.25, -0.2) is 4.39 Å². The molecule has 4 nitrogen and oxygen atoms in total. The summed E-state index contributed by atoms with van der Waals surface area (Å²) >= 11 is 1.51. The highest BCUT2D eigenvalue weighted by Gasteiger charge is 2.12. The Balaban J connectivity index is 1.76. The van der Waals surface area contributed by atoms with Gasteiger partial charge in [-0.2, -0.15) is 0 Å². The highest BCUT2D eigenvalue weighted by Crippen LogP contribution is 2.34. The van der Waals surface area contributed by atoms with E-state index in [1.54, 1.807) is 24.3 Å². The lowest BCUT2D eigenvalue weighted by molar-refractivity contribution is -0.114. The van der Waals surface area contributed by atoms with Crippen LogP contribution in [-0.4, -0.2) is 11.8 Å². The molecule has 0 unspecified atom stereocenters. The van der Waals surface area contributed by atoms with Crippen LogP contribution in [0.3, 0.4) is 0 Å². The van der Waals surface area contributed by atoms with Crippen molar-refractivity contribution in [2.24, 2.45) is 0 Å². The Morgan fingerprint density at radius 2 is 1.66 bits per heavy atom. The Labute approximate surface area is 173 Å². The van der Waals surface area contributed by atoms with Crippen molar-refractivity contribution in [3.8, 4) is 0 Å². The molecule has 0 radical (unpaired) electrons. The first-order valence-electron chi connectivity index (χ1n) is 9.09. The zero-order valence-electron chi connectivity index (χ0n) is 16.2. The molecule has 0 bridgehead atoms. The molecule has 0 aliphatic heterocycles. The molecule has 0 saturated heterocycles. The summed E-state index contributed by atoms with van der Waals surface area (Å²) in [6, 6.07) is 19.2. The van der Waals surface area contributed by atoms with E-state index in [0.29, 0.717) is 11.3 Å². The largest absolute Gasteiger partial charge is 0.348 e. The van der Waals surface area contributed by atoms with E-state index in [1.807, 2.05) is 37.3 Å². The van der Waals surface area contributed by atoms with Gasteiger partial charge in [-0.15, -0.1) is 0 Å². The lowest BCUT2D eigenvalue weighted by atomic mass is 10.1. The third-order valence-corrected chi connectivity index (χ3v) is 5.25. The second kappa shape index (κ2) is 9.39. The highest BCUT2D eigenvalue weighted by atomic mass is 32.2. The smallest absolute Gasteiger partial charge is 0.251 e. The van der Waals surface area contributed by atoms with Gasteiger partial charge in [-0.05, 0) is 55.0 Å². The molecule has 0 heterocycles. The van der Waals surface area contributed by atoms with Crippen molar-refractivity contribution in [3.63, 3.8) is 0 Å². The van der Waals surface area contributed by atoms with Gasteiger partial charge < -0.3 is 10.6 Å². The molecule has 29 heavy (non-hydrogen) atoms. The SMILES string of the molecule is CC(=O)Nc1cc(C(=O)NCc2ccc(F)cc2)ccc1Sc1ccc(C)cc1. The predicted molar refractivity (Wildman–Crippen MR) is 114 cm³/mol. The van der Waals surface area contributed by atoms with Crippen LogP contribution in [0.4, 0.5) is 10.1 Å². The summed E-state index contributed by atoms with van der Waals surface area (Å²) in [6.45, 7) is 3.74. The van der Waals surface area contributed by atoms with E-state index < -0.39 is 0 Å². The van der Waals surface area contributed by atoms with E-state index in [0.717, 1.165) is 15.4 Å². The first kappa shape index (κ1) is 20.6. The second-order valence-corrected chi connectivity index (χ2v) is 7.73. The van der Waals surface area contributed by atoms with E-state index >= 15 is 0 Å². The number of benzene rings is 3. The molecule has 0 atom stereocenters. The van der Waals surface area contributed by atoms with Crippen LogP contribution >= 0.6 is 11.8 Å². The number of halogens is 1. The first-order valence-corrected chi connectivity index (χ1v) is 9.91. The van der Waals surface area contributed by atoms with Crippen molar-refractivity contribution in [1.29, 1.82) is 0 Å². The number of nitrogens with one attached hydrogen (secondary N) is 2. The maximum Gasteiger partial charge on any atom is 0.251 e. The molecular formula is C23H21FN2O2S. The average molecular weight is 408 g/mol. The lowest BCUT2D eigenvalue weighted by Gasteiger charge is -2.12. The monoisotopic (exact) mass is 408 g/mol. The Kier molecular flexibility index (Phi) is 6.67. The van der Waals surface area contributed by atoms with Crippen LogP contribution in [0.2, 0.25) is 0 Å². The fourth-order valence-corrected chi connectivity index (χ4v) is 3.55. The van der Waals surface area contributed by atoms with E-state index in [9.17, 15) is 14.0 Å². The molecule has 0 spiro atoms. The number of hydrogen-bond donors (Lipinski definition) is 2. The number of carbonyl (C=O) groups excluding carboxylic acids is 2. The van der Waals surface area contributed by atoms with Crippen molar-refractivity contribution in [2.75, 3.05) is 5.32 Å². The predicted octanol–water partition coefficient (Wildman–Crippen LogP) is 5.17. The van der Waals surface area contributed by atoms with Crippen LogP contribution in [0.1, 0.15) is 28.4 Å². The number of amides is 2. The number of carbonyl (C=O) groups is 2. The van der Waals surface area contributed by atoms with Crippen molar-refractivity contribution >= 4 is 29.3 Å². The van der Waals surface area contributed by atoms with Gasteiger partial charge in [0.15, 0.2) is 0 Å². The van der Waals surface area contributed by atoms with Gasteiger partial charge in [0.1, 0.15) is 5.82 Å². The van der Waals surface area contributed by atoms with Gasteiger partial charge >= 0.3 is 0 Å². The van der Waals surface area contributed by atoms with E-state index in [4.69, 9.17) is 0 Å². The molecule has 6 heteroatoms. The quantitative estimate of drug-likeness (QED) is 0.591. The van der Waals surface area contributed by atoms with Crippen LogP contribution in [0.15, 0.2) is 76.5 Å². The minimum absolute atomic E-state index is 0.209. The Morgan fingerprint density at radius 1 is 0.966 bits per heavy atom. The lowest BCUT2D eigenvalue weighted by Crippen LogP contribution is -2.23. The van der Waals surface area contributed by atoms with E-state index in [2.05, 4.69) is 10.6 Å². The summed E-state index contributed by atoms with van der Waals surface area (Å²) in [5.74, 6) is -0.797. The van der Waals surface area contributed by atoms with Gasteiger partial charge in [0.25, 0.3) is 5.91 Å². The molecule has 0 aromatic heterocycles. The van der Waals surface area contributed by atoms with Crippen molar-refractivity contribution in [3.05, 3.63) is 89.2 Å². The molecule has 0 aliphatic rings. The molecular weight excluding hydrogens is 387 g/mol. The van der Waals surface area contributed by atoms with Gasteiger partial charge in [0.05, 0.1) is 5.69 Å². The molecule has 0 fully saturated rings. The zero-order valence-corrected chi connectivity index (χ0v) is 17.0. The molecule has 2 amide bonds. The third kappa shape index (κ3) is 5.93. The van der Waals surface area contributed by atoms with Crippen LogP contribution in [0, 0.1) is 12.7 Å². The highest BCUT2D eigenvalue weighted by molar-refractivity contribution is 7.99. The number of hydrogen-bond acceptors (Lipinski definition) is 3. The Bertz CT molecular complexity index is 1020. The van der Waals surface area contributed by atoms with Gasteiger partial charge in [-0.3, -0.25) is 9.59 Å². The molecule has 0 aliphatic carbocycles. The van der Waals surface area contributed by atoms with Crippen molar-refractivity contribution < 1.29 is 14.0 Å². The molecule has 0 saturated carbocycles. The molecule has 3 aromatic rings. The van der Waals surface area contributed by atoms with Crippen LogP contribution in [0.5, 0.6) is 0 Å². The maximum absolute atomic E-state index is 13.0. The standard InChI is InChI=1S/C23H21FN2O2S/c1-15-3-10-20(11-4-15)29-22-12-7-18(13-21(22)26-16(2)27)23(28)25-14-17-5-8-19(24)9-6-17/h3-13H,14H2,1-2H3,(H,25,28)(H,26,27). The van der Waals surface area contributed by atoms with Crippen molar-refractivity contribution in [1.82, 2.24) is 5.32 Å². The fraction of sp³-hybridized carbons (Fsp3) is 0.130. The average Bonchev–Trinajstić information content (AvgIpc) is 2.70. The normalized spacial score (nSPS) is 10.4. The number of anilines is 1. The molecule has 2 N–H and O–H groups in total. The van der Waals surface area contributed by atoms with Crippen molar-refractivity contribution in [2.45, 2.75) is 30.2 Å². The van der Waals surface area contributed by atoms with Gasteiger partial charge in [-0.1, -0.05) is 41.6 Å². The topological polar surface area (TPSA) is 58.2 Å². The zero-order chi connectivity index (χ0) is 20.8. The summed E-state index contributed by atoms with van der Waals surface area (Å²) < 4.78 is 13.0. The van der Waals surface area contributed by atoms with E-state index in [-0.39, 0.29) is 24.2 Å². The van der Waals surface area contributed by atoms with Gasteiger partial charge in [0.2, 0.25) is 5.91 Å². The number of rotatable bonds is 6. The Hall–Kier alpha value is -3.12. The van der Waals surface area contributed by atoms with Crippen LogP contribution in [-0.2, 0) is 11.3 Å². The molecule has 3 aromatic carbocycles. The summed E-state index contributed by atoms with van der Waals surface area (Å²) in [7, 11) is 0. The molecule has 3 rings (SSSR count). The summed E-state index contributed by atoms with van der Waals surface area (Å²) in [4.78, 5) is 26.0. The van der Waals surface area contributed by atoms with E-state index in [1.165, 1.54) is 36.4 Å². The molecule has 148 valence electrons. The maximum atomic E-state index is 13.0.